The first kappa shape index (κ1) is 20.7. The van der Waals surface area contributed by atoms with E-state index in [1.807, 2.05) is 18.4 Å². The van der Waals surface area contributed by atoms with Crippen molar-refractivity contribution in [2.24, 2.45) is 10.9 Å². The van der Waals surface area contributed by atoms with Crippen LogP contribution in [0.4, 0.5) is 0 Å². The average molecular weight is 451 g/mol. The molecule has 1 saturated carbocycles. The molecule has 0 bridgehead atoms. The largest absolute Gasteiger partial charge is 0.381 e. The molecule has 1 atom stereocenters. The molecule has 6 heteroatoms. The lowest BCUT2D eigenvalue weighted by molar-refractivity contribution is 0.123. The molecule has 1 fully saturated rings. The molecular weight excluding hydrogens is 421 g/mol. The van der Waals surface area contributed by atoms with Crippen molar-refractivity contribution in [3.05, 3.63) is 21.9 Å². The van der Waals surface area contributed by atoms with E-state index in [9.17, 15) is 0 Å². The average Bonchev–Trinajstić information content (AvgIpc) is 3.23. The highest BCUT2D eigenvalue weighted by atomic mass is 127. The second kappa shape index (κ2) is 11.3. The number of ether oxygens (including phenoxy) is 1. The van der Waals surface area contributed by atoms with Gasteiger partial charge >= 0.3 is 0 Å². The van der Waals surface area contributed by atoms with Gasteiger partial charge < -0.3 is 15.4 Å². The minimum absolute atomic E-state index is 0. The Balaban J connectivity index is 0.00000264. The van der Waals surface area contributed by atoms with Crippen LogP contribution in [0.15, 0.2) is 17.1 Å². The van der Waals surface area contributed by atoms with E-state index in [4.69, 9.17) is 4.74 Å². The maximum absolute atomic E-state index is 5.64. The maximum Gasteiger partial charge on any atom is 0.191 e. The monoisotopic (exact) mass is 451 g/mol. The summed E-state index contributed by atoms with van der Waals surface area (Å²) in [7, 11) is 1.82. The van der Waals surface area contributed by atoms with Crippen LogP contribution in [0.1, 0.15) is 35.9 Å². The van der Waals surface area contributed by atoms with E-state index in [2.05, 4.69) is 41.6 Å². The number of thiophene rings is 1. The number of nitrogens with one attached hydrogen (secondary N) is 2. The topological polar surface area (TPSA) is 45.7 Å². The Labute approximate surface area is 161 Å². The van der Waals surface area contributed by atoms with Crippen LogP contribution in [0.25, 0.3) is 0 Å². The Morgan fingerprint density at radius 1 is 1.43 bits per heavy atom. The highest BCUT2D eigenvalue weighted by molar-refractivity contribution is 14.0. The molecule has 1 aliphatic carbocycles. The summed E-state index contributed by atoms with van der Waals surface area (Å²) < 4.78 is 5.64. The summed E-state index contributed by atoms with van der Waals surface area (Å²) in [5.74, 6) is 1.73. The van der Waals surface area contributed by atoms with Crippen LogP contribution in [-0.4, -0.2) is 38.8 Å². The molecule has 23 heavy (non-hydrogen) atoms. The zero-order valence-electron chi connectivity index (χ0n) is 14.4. The van der Waals surface area contributed by atoms with E-state index in [1.54, 1.807) is 0 Å². The minimum Gasteiger partial charge on any atom is -0.381 e. The summed E-state index contributed by atoms with van der Waals surface area (Å²) in [6.45, 7) is 7.03. The van der Waals surface area contributed by atoms with E-state index in [0.29, 0.717) is 6.04 Å². The standard InChI is InChI=1S/C17H29N3OS.HI/c1-13(11-16-8-5-14(2)22-16)20-17(18-3)19-9-4-10-21-12-15-6-7-15;/h5,8,13,15H,4,6-7,9-12H2,1-3H3,(H2,18,19,20);1H. The van der Waals surface area contributed by atoms with Gasteiger partial charge in [-0.2, -0.15) is 0 Å². The van der Waals surface area contributed by atoms with Gasteiger partial charge in [0.05, 0.1) is 0 Å². The third-order valence-corrected chi connectivity index (χ3v) is 4.74. The predicted molar refractivity (Wildman–Crippen MR) is 110 cm³/mol. The first-order valence-corrected chi connectivity index (χ1v) is 9.09. The normalized spacial score (nSPS) is 15.9. The molecule has 2 N–H and O–H groups in total. The number of hydrogen-bond acceptors (Lipinski definition) is 3. The quantitative estimate of drug-likeness (QED) is 0.261. The molecule has 0 spiro atoms. The summed E-state index contributed by atoms with van der Waals surface area (Å²) in [6.07, 6.45) is 4.77. The molecule has 1 aromatic heterocycles. The molecule has 1 aliphatic rings. The molecule has 1 unspecified atom stereocenters. The van der Waals surface area contributed by atoms with Crippen LogP contribution in [0.2, 0.25) is 0 Å². The summed E-state index contributed by atoms with van der Waals surface area (Å²) in [6, 6.07) is 4.77. The van der Waals surface area contributed by atoms with Gasteiger partial charge in [0.15, 0.2) is 5.96 Å². The van der Waals surface area contributed by atoms with Crippen LogP contribution >= 0.6 is 35.3 Å². The third kappa shape index (κ3) is 8.91. The highest BCUT2D eigenvalue weighted by Gasteiger charge is 2.20. The van der Waals surface area contributed by atoms with Crippen LogP contribution < -0.4 is 10.6 Å². The van der Waals surface area contributed by atoms with E-state index in [-0.39, 0.29) is 24.0 Å². The molecule has 0 aromatic carbocycles. The first-order valence-electron chi connectivity index (χ1n) is 8.27. The number of aryl methyl sites for hydroxylation is 1. The third-order valence-electron chi connectivity index (χ3n) is 3.72. The molecule has 0 aliphatic heterocycles. The minimum atomic E-state index is 0. The van der Waals surface area contributed by atoms with Crippen molar-refractivity contribution in [2.75, 3.05) is 26.8 Å². The van der Waals surface area contributed by atoms with Crippen LogP contribution in [-0.2, 0) is 11.2 Å². The van der Waals surface area contributed by atoms with E-state index >= 15 is 0 Å². The lowest BCUT2D eigenvalue weighted by Gasteiger charge is -2.17. The number of hydrogen-bond donors (Lipinski definition) is 2. The second-order valence-corrected chi connectivity index (χ2v) is 7.51. The Bertz CT molecular complexity index is 474. The van der Waals surface area contributed by atoms with Crippen molar-refractivity contribution in [2.45, 2.75) is 45.6 Å². The lowest BCUT2D eigenvalue weighted by atomic mass is 10.2. The number of rotatable bonds is 9. The molecule has 1 aromatic rings. The van der Waals surface area contributed by atoms with Gasteiger partial charge in [0, 0.05) is 49.0 Å². The summed E-state index contributed by atoms with van der Waals surface area (Å²) >= 11 is 1.87. The van der Waals surface area contributed by atoms with Crippen LogP contribution in [0.3, 0.4) is 0 Å². The predicted octanol–water partition coefficient (Wildman–Crippen LogP) is 3.59. The number of nitrogens with zero attached hydrogens (tertiary/aromatic N) is 1. The number of guanidine groups is 1. The number of aliphatic imine (C=N–C) groups is 1. The summed E-state index contributed by atoms with van der Waals surface area (Å²) in [5.41, 5.74) is 0. The maximum atomic E-state index is 5.64. The Kier molecular flexibility index (Phi) is 10.1. The lowest BCUT2D eigenvalue weighted by Crippen LogP contribution is -2.43. The molecule has 0 amide bonds. The van der Waals surface area contributed by atoms with E-state index in [1.165, 1.54) is 22.6 Å². The molecular formula is C17H30IN3OS. The van der Waals surface area contributed by atoms with Crippen molar-refractivity contribution >= 4 is 41.3 Å². The molecule has 0 radical (unpaired) electrons. The van der Waals surface area contributed by atoms with Crippen molar-refractivity contribution in [3.63, 3.8) is 0 Å². The van der Waals surface area contributed by atoms with Gasteiger partial charge in [0.25, 0.3) is 0 Å². The van der Waals surface area contributed by atoms with E-state index < -0.39 is 0 Å². The van der Waals surface area contributed by atoms with Crippen LogP contribution in [0.5, 0.6) is 0 Å². The van der Waals surface area contributed by atoms with E-state index in [0.717, 1.165) is 44.5 Å². The molecule has 1 heterocycles. The highest BCUT2D eigenvalue weighted by Crippen LogP contribution is 2.28. The van der Waals surface area contributed by atoms with Gasteiger partial charge in [-0.3, -0.25) is 4.99 Å². The van der Waals surface area contributed by atoms with Crippen molar-refractivity contribution in [1.82, 2.24) is 10.6 Å². The Morgan fingerprint density at radius 3 is 2.83 bits per heavy atom. The Hall–Kier alpha value is -0.340. The zero-order chi connectivity index (χ0) is 15.8. The fourth-order valence-electron chi connectivity index (χ4n) is 2.29. The number of halogens is 1. The molecule has 0 saturated heterocycles. The van der Waals surface area contributed by atoms with Gasteiger partial charge in [0.1, 0.15) is 0 Å². The van der Waals surface area contributed by atoms with Crippen molar-refractivity contribution in [3.8, 4) is 0 Å². The van der Waals surface area contributed by atoms with Gasteiger partial charge in [-0.1, -0.05) is 0 Å². The summed E-state index contributed by atoms with van der Waals surface area (Å²) in [5, 5.41) is 6.81. The van der Waals surface area contributed by atoms with Crippen molar-refractivity contribution in [1.29, 1.82) is 0 Å². The fourth-order valence-corrected chi connectivity index (χ4v) is 3.31. The van der Waals surface area contributed by atoms with Gasteiger partial charge in [-0.05, 0) is 51.2 Å². The Morgan fingerprint density at radius 2 is 2.22 bits per heavy atom. The van der Waals surface area contributed by atoms with Gasteiger partial charge in [-0.15, -0.1) is 35.3 Å². The van der Waals surface area contributed by atoms with Crippen LogP contribution in [0, 0.1) is 12.8 Å². The van der Waals surface area contributed by atoms with Crippen molar-refractivity contribution < 1.29 is 4.74 Å². The second-order valence-electron chi connectivity index (χ2n) is 6.13. The molecule has 4 nitrogen and oxygen atoms in total. The summed E-state index contributed by atoms with van der Waals surface area (Å²) in [4.78, 5) is 7.08. The SMILES string of the molecule is CN=C(NCCCOCC1CC1)NC(C)Cc1ccc(C)s1.I. The molecule has 132 valence electrons. The molecule has 2 rings (SSSR count). The zero-order valence-corrected chi connectivity index (χ0v) is 17.6. The van der Waals surface area contributed by atoms with Gasteiger partial charge in [-0.25, -0.2) is 0 Å². The fraction of sp³-hybridized carbons (Fsp3) is 0.706. The first-order chi connectivity index (χ1) is 10.7. The van der Waals surface area contributed by atoms with Gasteiger partial charge in [0.2, 0.25) is 0 Å². The smallest absolute Gasteiger partial charge is 0.191 e.